The van der Waals surface area contributed by atoms with Gasteiger partial charge in [-0.15, -0.1) is 0 Å². The smallest absolute Gasteiger partial charge is 0.145 e. The molecular weight excluding hydrogens is 152 g/mol. The lowest BCUT2D eigenvalue weighted by Gasteiger charge is -2.02. The SMILES string of the molecule is C/C(C=O)=C\CC1CCC(=O)C1. The lowest BCUT2D eigenvalue weighted by Crippen LogP contribution is -1.93. The summed E-state index contributed by atoms with van der Waals surface area (Å²) in [6, 6.07) is 0. The van der Waals surface area contributed by atoms with Crippen LogP contribution in [0.2, 0.25) is 0 Å². The van der Waals surface area contributed by atoms with Crippen molar-refractivity contribution in [2.24, 2.45) is 5.92 Å². The molecule has 1 unspecified atom stereocenters. The minimum Gasteiger partial charge on any atom is -0.300 e. The topological polar surface area (TPSA) is 34.1 Å². The van der Waals surface area contributed by atoms with E-state index in [0.717, 1.165) is 31.1 Å². The van der Waals surface area contributed by atoms with E-state index in [0.29, 0.717) is 18.1 Å². The Balaban J connectivity index is 2.33. The standard InChI is InChI=1S/C10H14O2/c1-8(7-11)2-3-9-4-5-10(12)6-9/h2,7,9H,3-6H2,1H3/b8-2+. The van der Waals surface area contributed by atoms with Crippen LogP contribution >= 0.6 is 0 Å². The minimum atomic E-state index is 0.372. The number of hydrogen-bond acceptors (Lipinski definition) is 2. The Kier molecular flexibility index (Phi) is 3.20. The molecule has 0 aromatic carbocycles. The largest absolute Gasteiger partial charge is 0.300 e. The van der Waals surface area contributed by atoms with E-state index >= 15 is 0 Å². The Bertz CT molecular complexity index is 216. The summed E-state index contributed by atoms with van der Waals surface area (Å²) in [6.45, 7) is 1.80. The molecule has 0 bridgehead atoms. The number of rotatable bonds is 3. The van der Waals surface area contributed by atoms with Gasteiger partial charge < -0.3 is 0 Å². The molecule has 2 nitrogen and oxygen atoms in total. The first-order valence-corrected chi connectivity index (χ1v) is 4.36. The predicted molar refractivity (Wildman–Crippen MR) is 46.8 cm³/mol. The first-order chi connectivity index (χ1) is 5.72. The van der Waals surface area contributed by atoms with E-state index in [1.54, 1.807) is 6.92 Å². The second-order valence-corrected chi connectivity index (χ2v) is 3.45. The molecule has 1 atom stereocenters. The van der Waals surface area contributed by atoms with Gasteiger partial charge in [0.25, 0.3) is 0 Å². The van der Waals surface area contributed by atoms with E-state index in [1.165, 1.54) is 0 Å². The fraction of sp³-hybridized carbons (Fsp3) is 0.600. The van der Waals surface area contributed by atoms with Crippen molar-refractivity contribution in [3.05, 3.63) is 11.6 Å². The molecule has 2 heteroatoms. The zero-order valence-electron chi connectivity index (χ0n) is 7.38. The molecule has 0 spiro atoms. The molecule has 1 fully saturated rings. The van der Waals surface area contributed by atoms with E-state index in [2.05, 4.69) is 0 Å². The van der Waals surface area contributed by atoms with Crippen molar-refractivity contribution in [1.82, 2.24) is 0 Å². The number of allylic oxidation sites excluding steroid dienone is 2. The molecule has 0 saturated heterocycles. The van der Waals surface area contributed by atoms with Gasteiger partial charge in [0.05, 0.1) is 0 Å². The van der Waals surface area contributed by atoms with Gasteiger partial charge in [0.1, 0.15) is 12.1 Å². The lowest BCUT2D eigenvalue weighted by atomic mass is 10.0. The van der Waals surface area contributed by atoms with Gasteiger partial charge in [-0.25, -0.2) is 0 Å². The van der Waals surface area contributed by atoms with Crippen molar-refractivity contribution < 1.29 is 9.59 Å². The van der Waals surface area contributed by atoms with Gasteiger partial charge >= 0.3 is 0 Å². The Morgan fingerprint density at radius 3 is 2.92 bits per heavy atom. The number of carbonyl (C=O) groups excluding carboxylic acids is 2. The maximum atomic E-state index is 10.9. The summed E-state index contributed by atoms with van der Waals surface area (Å²) >= 11 is 0. The highest BCUT2D eigenvalue weighted by molar-refractivity contribution is 5.80. The van der Waals surface area contributed by atoms with E-state index < -0.39 is 0 Å². The second-order valence-electron chi connectivity index (χ2n) is 3.45. The summed E-state index contributed by atoms with van der Waals surface area (Å²) < 4.78 is 0. The first-order valence-electron chi connectivity index (χ1n) is 4.36. The second kappa shape index (κ2) is 4.19. The van der Waals surface area contributed by atoms with Gasteiger partial charge in [0, 0.05) is 12.8 Å². The number of Topliss-reactive ketones (excluding diaryl/α,β-unsaturated/α-hetero) is 1. The van der Waals surface area contributed by atoms with Crippen molar-refractivity contribution in [2.45, 2.75) is 32.6 Å². The molecule has 1 aliphatic carbocycles. The Morgan fingerprint density at radius 2 is 2.42 bits per heavy atom. The third kappa shape index (κ3) is 2.61. The van der Waals surface area contributed by atoms with Crippen LogP contribution in [-0.2, 0) is 9.59 Å². The molecule has 1 saturated carbocycles. The molecule has 1 rings (SSSR count). The fourth-order valence-electron chi connectivity index (χ4n) is 1.49. The number of carbonyl (C=O) groups is 2. The summed E-state index contributed by atoms with van der Waals surface area (Å²) in [5.41, 5.74) is 0.773. The van der Waals surface area contributed by atoms with Gasteiger partial charge in [-0.1, -0.05) is 6.08 Å². The van der Waals surface area contributed by atoms with Crippen molar-refractivity contribution in [1.29, 1.82) is 0 Å². The van der Waals surface area contributed by atoms with Gasteiger partial charge in [-0.05, 0) is 31.3 Å². The number of ketones is 1. The van der Waals surface area contributed by atoms with Gasteiger partial charge in [-0.2, -0.15) is 0 Å². The molecular formula is C10H14O2. The van der Waals surface area contributed by atoms with E-state index in [1.807, 2.05) is 6.08 Å². The van der Waals surface area contributed by atoms with Crippen LogP contribution < -0.4 is 0 Å². The maximum Gasteiger partial charge on any atom is 0.145 e. The average molecular weight is 166 g/mol. The Morgan fingerprint density at radius 1 is 1.67 bits per heavy atom. The molecule has 0 radical (unpaired) electrons. The predicted octanol–water partition coefficient (Wildman–Crippen LogP) is 1.89. The first kappa shape index (κ1) is 9.17. The van der Waals surface area contributed by atoms with Gasteiger partial charge in [0.15, 0.2) is 0 Å². The van der Waals surface area contributed by atoms with Crippen LogP contribution in [0.25, 0.3) is 0 Å². The number of hydrogen-bond donors (Lipinski definition) is 0. The summed E-state index contributed by atoms with van der Waals surface area (Å²) in [4.78, 5) is 21.1. The monoisotopic (exact) mass is 166 g/mol. The molecule has 0 amide bonds. The average Bonchev–Trinajstić information content (AvgIpc) is 2.47. The zero-order valence-corrected chi connectivity index (χ0v) is 7.38. The molecule has 0 N–H and O–H groups in total. The number of aldehydes is 1. The van der Waals surface area contributed by atoms with Crippen molar-refractivity contribution in [3.8, 4) is 0 Å². The molecule has 0 aromatic heterocycles. The van der Waals surface area contributed by atoms with Crippen LogP contribution in [0.15, 0.2) is 11.6 Å². The van der Waals surface area contributed by atoms with Crippen LogP contribution in [0.1, 0.15) is 32.6 Å². The third-order valence-electron chi connectivity index (χ3n) is 2.31. The summed E-state index contributed by atoms with van der Waals surface area (Å²) in [5.74, 6) is 0.865. The van der Waals surface area contributed by atoms with Crippen LogP contribution in [0.4, 0.5) is 0 Å². The van der Waals surface area contributed by atoms with Crippen LogP contribution in [0.3, 0.4) is 0 Å². The van der Waals surface area contributed by atoms with Crippen molar-refractivity contribution >= 4 is 12.1 Å². The normalized spacial score (nSPS) is 24.6. The molecule has 66 valence electrons. The van der Waals surface area contributed by atoms with Gasteiger partial charge in [0.2, 0.25) is 0 Å². The fourth-order valence-corrected chi connectivity index (χ4v) is 1.49. The van der Waals surface area contributed by atoms with E-state index in [9.17, 15) is 9.59 Å². The molecule has 1 aliphatic rings. The Labute approximate surface area is 72.7 Å². The summed E-state index contributed by atoms with van der Waals surface area (Å²) in [7, 11) is 0. The lowest BCUT2D eigenvalue weighted by molar-refractivity contribution is -0.117. The van der Waals surface area contributed by atoms with Crippen LogP contribution in [0, 0.1) is 5.92 Å². The van der Waals surface area contributed by atoms with E-state index in [4.69, 9.17) is 0 Å². The molecule has 0 heterocycles. The Hall–Kier alpha value is -0.920. The van der Waals surface area contributed by atoms with Gasteiger partial charge in [-0.3, -0.25) is 9.59 Å². The molecule has 0 aromatic rings. The third-order valence-corrected chi connectivity index (χ3v) is 2.31. The van der Waals surface area contributed by atoms with E-state index in [-0.39, 0.29) is 0 Å². The van der Waals surface area contributed by atoms with Crippen molar-refractivity contribution in [2.75, 3.05) is 0 Å². The molecule has 12 heavy (non-hydrogen) atoms. The minimum absolute atomic E-state index is 0.372. The highest BCUT2D eigenvalue weighted by atomic mass is 16.1. The van der Waals surface area contributed by atoms with Crippen LogP contribution in [0.5, 0.6) is 0 Å². The van der Waals surface area contributed by atoms with Crippen molar-refractivity contribution in [3.63, 3.8) is 0 Å². The summed E-state index contributed by atoms with van der Waals surface area (Å²) in [6.07, 6.45) is 6.12. The quantitative estimate of drug-likeness (QED) is 0.474. The highest BCUT2D eigenvalue weighted by Gasteiger charge is 2.20. The maximum absolute atomic E-state index is 10.9. The summed E-state index contributed by atoms with van der Waals surface area (Å²) in [5, 5.41) is 0. The highest BCUT2D eigenvalue weighted by Crippen LogP contribution is 2.25. The zero-order chi connectivity index (χ0) is 8.97. The molecule has 0 aliphatic heterocycles. The van der Waals surface area contributed by atoms with Crippen LogP contribution in [-0.4, -0.2) is 12.1 Å².